The zero-order valence-corrected chi connectivity index (χ0v) is 11.4. The lowest BCUT2D eigenvalue weighted by atomic mass is 9.71. The number of hydrogen-bond acceptors (Lipinski definition) is 4. The van der Waals surface area contributed by atoms with Crippen molar-refractivity contribution >= 4 is 11.9 Å². The number of methoxy groups -OCH3 is 1. The third-order valence-corrected chi connectivity index (χ3v) is 3.66. The zero-order chi connectivity index (χ0) is 14.3. The number of carbonyl (C=O) groups excluding carboxylic acids is 1. The second kappa shape index (κ2) is 7.45. The van der Waals surface area contributed by atoms with Gasteiger partial charge in [0.05, 0.1) is 18.1 Å². The predicted octanol–water partition coefficient (Wildman–Crippen LogP) is 0.535. The molecule has 1 atom stereocenters. The number of hydrogen-bond donors (Lipinski definition) is 3. The van der Waals surface area contributed by atoms with Crippen molar-refractivity contribution in [2.24, 2.45) is 5.41 Å². The van der Waals surface area contributed by atoms with Crippen LogP contribution in [0.25, 0.3) is 0 Å². The molecule has 0 saturated heterocycles. The fourth-order valence-electron chi connectivity index (χ4n) is 2.55. The van der Waals surface area contributed by atoms with E-state index in [9.17, 15) is 19.8 Å². The number of aliphatic hydroxyl groups is 1. The molecule has 6 nitrogen and oxygen atoms in total. The molecule has 19 heavy (non-hydrogen) atoms. The maximum absolute atomic E-state index is 11.8. The van der Waals surface area contributed by atoms with Crippen LogP contribution in [0.1, 0.15) is 38.5 Å². The average Bonchev–Trinajstić information content (AvgIpc) is 2.38. The molecule has 6 heteroatoms. The van der Waals surface area contributed by atoms with Gasteiger partial charge in [0.15, 0.2) is 0 Å². The number of ether oxygens (including phenoxy) is 1. The van der Waals surface area contributed by atoms with E-state index < -0.39 is 17.5 Å². The van der Waals surface area contributed by atoms with Crippen molar-refractivity contribution in [3.8, 4) is 0 Å². The molecule has 3 N–H and O–H groups in total. The van der Waals surface area contributed by atoms with Crippen molar-refractivity contribution in [2.75, 3.05) is 20.3 Å². The zero-order valence-electron chi connectivity index (χ0n) is 11.4. The van der Waals surface area contributed by atoms with Crippen LogP contribution in [0.4, 0.5) is 0 Å². The molecule has 0 aromatic carbocycles. The number of carbonyl (C=O) groups is 2. The third kappa shape index (κ3) is 4.80. The minimum absolute atomic E-state index is 0.0119. The van der Waals surface area contributed by atoms with Crippen molar-refractivity contribution < 1.29 is 24.5 Å². The van der Waals surface area contributed by atoms with E-state index in [0.29, 0.717) is 12.8 Å². The molecule has 1 unspecified atom stereocenters. The van der Waals surface area contributed by atoms with Gasteiger partial charge < -0.3 is 20.3 Å². The molecule has 110 valence electrons. The first-order chi connectivity index (χ1) is 9.00. The highest BCUT2D eigenvalue weighted by molar-refractivity contribution is 5.85. The van der Waals surface area contributed by atoms with E-state index >= 15 is 0 Å². The van der Waals surface area contributed by atoms with Gasteiger partial charge in [0, 0.05) is 20.1 Å². The van der Waals surface area contributed by atoms with Crippen LogP contribution in [-0.2, 0) is 14.3 Å². The van der Waals surface area contributed by atoms with Crippen LogP contribution in [0, 0.1) is 5.41 Å². The minimum atomic E-state index is -0.922. The predicted molar refractivity (Wildman–Crippen MR) is 68.7 cm³/mol. The van der Waals surface area contributed by atoms with Gasteiger partial charge in [0.25, 0.3) is 0 Å². The van der Waals surface area contributed by atoms with Crippen LogP contribution < -0.4 is 5.32 Å². The lowest BCUT2D eigenvalue weighted by molar-refractivity contribution is -0.154. The van der Waals surface area contributed by atoms with Gasteiger partial charge in [0.2, 0.25) is 5.91 Å². The Morgan fingerprint density at radius 3 is 2.47 bits per heavy atom. The number of nitrogens with one attached hydrogen (secondary N) is 1. The Morgan fingerprint density at radius 1 is 1.32 bits per heavy atom. The van der Waals surface area contributed by atoms with E-state index in [-0.39, 0.29) is 25.5 Å². The maximum Gasteiger partial charge on any atom is 0.310 e. The summed E-state index contributed by atoms with van der Waals surface area (Å²) < 4.78 is 4.75. The Hall–Kier alpha value is -1.14. The molecule has 0 aromatic rings. The minimum Gasteiger partial charge on any atom is -0.481 e. The molecule has 0 radical (unpaired) electrons. The fraction of sp³-hybridized carbons (Fsp3) is 0.846. The molecule has 0 bridgehead atoms. The highest BCUT2D eigenvalue weighted by Crippen LogP contribution is 2.39. The van der Waals surface area contributed by atoms with E-state index in [0.717, 1.165) is 19.3 Å². The Labute approximate surface area is 113 Å². The highest BCUT2D eigenvalue weighted by atomic mass is 16.5. The number of aliphatic hydroxyl groups excluding tert-OH is 1. The van der Waals surface area contributed by atoms with E-state index in [1.54, 1.807) is 0 Å². The molecule has 1 saturated carbocycles. The van der Waals surface area contributed by atoms with Crippen LogP contribution in [0.5, 0.6) is 0 Å². The fourth-order valence-corrected chi connectivity index (χ4v) is 2.55. The van der Waals surface area contributed by atoms with E-state index in [2.05, 4.69) is 5.32 Å². The summed E-state index contributed by atoms with van der Waals surface area (Å²) in [7, 11) is 1.46. The highest BCUT2D eigenvalue weighted by Gasteiger charge is 2.41. The molecule has 0 spiro atoms. The molecule has 0 aliphatic heterocycles. The summed E-state index contributed by atoms with van der Waals surface area (Å²) in [5.74, 6) is -1.21. The quantitative estimate of drug-likeness (QED) is 0.629. The third-order valence-electron chi connectivity index (χ3n) is 3.66. The number of amides is 1. The molecular weight excluding hydrogens is 250 g/mol. The molecule has 1 amide bonds. The first kappa shape index (κ1) is 15.9. The summed E-state index contributed by atoms with van der Waals surface area (Å²) in [5.41, 5.74) is -0.922. The van der Waals surface area contributed by atoms with Crippen molar-refractivity contribution in [1.29, 1.82) is 0 Å². The SMILES string of the molecule is COCC(O)CNC(=O)CC1(C(=O)O)CCCCC1. The van der Waals surface area contributed by atoms with Gasteiger partial charge in [-0.3, -0.25) is 9.59 Å². The molecule has 1 aliphatic carbocycles. The van der Waals surface area contributed by atoms with Crippen LogP contribution in [0.15, 0.2) is 0 Å². The standard InChI is InChI=1S/C13H23NO5/c1-19-9-10(15)8-14-11(16)7-13(12(17)18)5-3-2-4-6-13/h10,15H,2-9H2,1H3,(H,14,16)(H,17,18). The second-order valence-corrected chi connectivity index (χ2v) is 5.24. The lowest BCUT2D eigenvalue weighted by Gasteiger charge is -2.32. The first-order valence-electron chi connectivity index (χ1n) is 6.67. The Kier molecular flexibility index (Phi) is 6.24. The number of rotatable bonds is 7. The molecule has 0 heterocycles. The Bertz CT molecular complexity index is 312. The normalized spacial score (nSPS) is 19.7. The summed E-state index contributed by atoms with van der Waals surface area (Å²) in [4.78, 5) is 23.2. The average molecular weight is 273 g/mol. The van der Waals surface area contributed by atoms with Crippen molar-refractivity contribution in [1.82, 2.24) is 5.32 Å². The van der Waals surface area contributed by atoms with Gasteiger partial charge >= 0.3 is 5.97 Å². The van der Waals surface area contributed by atoms with Crippen molar-refractivity contribution in [3.05, 3.63) is 0 Å². The van der Waals surface area contributed by atoms with E-state index in [4.69, 9.17) is 4.74 Å². The monoisotopic (exact) mass is 273 g/mol. The largest absolute Gasteiger partial charge is 0.481 e. The summed E-state index contributed by atoms with van der Waals surface area (Å²) in [6.45, 7) is 0.229. The summed E-state index contributed by atoms with van der Waals surface area (Å²) >= 11 is 0. The van der Waals surface area contributed by atoms with Crippen LogP contribution >= 0.6 is 0 Å². The Morgan fingerprint density at radius 2 is 1.95 bits per heavy atom. The first-order valence-corrected chi connectivity index (χ1v) is 6.67. The molecule has 1 fully saturated rings. The summed E-state index contributed by atoms with van der Waals surface area (Å²) in [6, 6.07) is 0. The van der Waals surface area contributed by atoms with Crippen molar-refractivity contribution in [2.45, 2.75) is 44.6 Å². The molecule has 0 aromatic heterocycles. The van der Waals surface area contributed by atoms with Gasteiger partial charge in [-0.15, -0.1) is 0 Å². The van der Waals surface area contributed by atoms with E-state index in [1.165, 1.54) is 7.11 Å². The maximum atomic E-state index is 11.8. The molecule has 1 aliphatic rings. The second-order valence-electron chi connectivity index (χ2n) is 5.24. The summed E-state index contributed by atoms with van der Waals surface area (Å²) in [5, 5.41) is 21.3. The number of aliphatic carboxylic acids is 1. The summed E-state index contributed by atoms with van der Waals surface area (Å²) in [6.07, 6.45) is 3.07. The van der Waals surface area contributed by atoms with Gasteiger partial charge in [-0.1, -0.05) is 19.3 Å². The molecule has 1 rings (SSSR count). The smallest absolute Gasteiger partial charge is 0.310 e. The lowest BCUT2D eigenvalue weighted by Crippen LogP contribution is -2.41. The van der Waals surface area contributed by atoms with Gasteiger partial charge in [-0.2, -0.15) is 0 Å². The van der Waals surface area contributed by atoms with Gasteiger partial charge in [-0.25, -0.2) is 0 Å². The van der Waals surface area contributed by atoms with E-state index in [1.807, 2.05) is 0 Å². The van der Waals surface area contributed by atoms with Crippen molar-refractivity contribution in [3.63, 3.8) is 0 Å². The Balaban J connectivity index is 2.46. The van der Waals surface area contributed by atoms with Crippen LogP contribution in [-0.4, -0.2) is 48.5 Å². The van der Waals surface area contributed by atoms with Gasteiger partial charge in [0.1, 0.15) is 0 Å². The number of carboxylic acid groups (broad SMARTS) is 1. The number of carboxylic acids is 1. The van der Waals surface area contributed by atoms with Crippen LogP contribution in [0.2, 0.25) is 0 Å². The topological polar surface area (TPSA) is 95.9 Å². The van der Waals surface area contributed by atoms with Gasteiger partial charge in [-0.05, 0) is 12.8 Å². The van der Waals surface area contributed by atoms with Crippen LogP contribution in [0.3, 0.4) is 0 Å². The molecular formula is C13H23NO5.